The van der Waals surface area contributed by atoms with E-state index in [9.17, 15) is 0 Å². The molecule has 0 spiro atoms. The first-order valence-corrected chi connectivity index (χ1v) is 13.1. The van der Waals surface area contributed by atoms with Crippen LogP contribution < -0.4 is 0 Å². The lowest BCUT2D eigenvalue weighted by Gasteiger charge is -2.37. The van der Waals surface area contributed by atoms with Crippen molar-refractivity contribution >= 4 is 16.4 Å². The van der Waals surface area contributed by atoms with Crippen LogP contribution in [0.5, 0.6) is 0 Å². The van der Waals surface area contributed by atoms with Gasteiger partial charge < -0.3 is 4.43 Å². The summed E-state index contributed by atoms with van der Waals surface area (Å²) in [5.41, 5.74) is 0. The third kappa shape index (κ3) is 7.07. The lowest BCUT2D eigenvalue weighted by molar-refractivity contribution is 0.251. The first-order chi connectivity index (χ1) is 7.35. The van der Waals surface area contributed by atoms with Gasteiger partial charge in [-0.2, -0.15) is 0 Å². The fraction of sp³-hybridized carbons (Fsp3) is 0.857. The highest BCUT2D eigenvalue weighted by atomic mass is 28.4. The maximum absolute atomic E-state index is 6.20. The van der Waals surface area contributed by atoms with Crippen LogP contribution in [0.25, 0.3) is 0 Å². The molecule has 0 aromatic carbocycles. The van der Waals surface area contributed by atoms with E-state index in [2.05, 4.69) is 72.3 Å². The molecule has 17 heavy (non-hydrogen) atoms. The Morgan fingerprint density at radius 2 is 1.53 bits per heavy atom. The van der Waals surface area contributed by atoms with Crippen LogP contribution >= 0.6 is 0 Å². The molecule has 0 aliphatic rings. The fourth-order valence-corrected chi connectivity index (χ4v) is 3.04. The topological polar surface area (TPSA) is 9.23 Å². The molecule has 3 heteroatoms. The van der Waals surface area contributed by atoms with E-state index in [1.165, 1.54) is 0 Å². The second-order valence-corrected chi connectivity index (χ2v) is 17.8. The summed E-state index contributed by atoms with van der Waals surface area (Å²) in [6.07, 6.45) is 0.0761. The average molecular weight is 271 g/mol. The second kappa shape index (κ2) is 5.73. The highest BCUT2D eigenvalue weighted by molar-refractivity contribution is 6.76. The minimum atomic E-state index is -1.66. The van der Waals surface area contributed by atoms with Crippen molar-refractivity contribution in [3.8, 4) is 11.8 Å². The van der Waals surface area contributed by atoms with Gasteiger partial charge in [-0.05, 0) is 25.1 Å². The zero-order valence-electron chi connectivity index (χ0n) is 13.2. The molecule has 0 radical (unpaired) electrons. The van der Waals surface area contributed by atoms with Crippen molar-refractivity contribution in [1.82, 2.24) is 0 Å². The Balaban J connectivity index is 4.42. The van der Waals surface area contributed by atoms with Crippen molar-refractivity contribution in [1.29, 1.82) is 0 Å². The summed E-state index contributed by atoms with van der Waals surface area (Å²) >= 11 is 0. The van der Waals surface area contributed by atoms with Crippen molar-refractivity contribution in [2.45, 2.75) is 77.6 Å². The third-order valence-electron chi connectivity index (χ3n) is 3.20. The van der Waals surface area contributed by atoms with Gasteiger partial charge >= 0.3 is 0 Å². The van der Waals surface area contributed by atoms with Gasteiger partial charge in [0.1, 0.15) is 6.10 Å². The van der Waals surface area contributed by atoms with Crippen LogP contribution in [0.15, 0.2) is 0 Å². The molecule has 0 fully saturated rings. The molecule has 0 aromatic heterocycles. The number of hydrogen-bond acceptors (Lipinski definition) is 1. The van der Waals surface area contributed by atoms with Gasteiger partial charge in [-0.15, -0.1) is 5.92 Å². The number of rotatable bonds is 3. The molecule has 0 N–H and O–H groups in total. The smallest absolute Gasteiger partial charge is 0.193 e. The van der Waals surface area contributed by atoms with Crippen molar-refractivity contribution < 1.29 is 4.43 Å². The molecule has 0 aromatic rings. The number of hydrogen-bond donors (Lipinski definition) is 0. The summed E-state index contributed by atoms with van der Waals surface area (Å²) in [7, 11) is -2.69. The lowest BCUT2D eigenvalue weighted by atomic mass is 10.2. The summed E-state index contributed by atoms with van der Waals surface area (Å²) in [5.74, 6) is 6.57. The van der Waals surface area contributed by atoms with Crippen molar-refractivity contribution in [3.63, 3.8) is 0 Å². The molecule has 0 aliphatic heterocycles. The maximum Gasteiger partial charge on any atom is 0.193 e. The normalized spacial score (nSPS) is 15.1. The van der Waals surface area contributed by atoms with Crippen molar-refractivity contribution in [2.75, 3.05) is 0 Å². The van der Waals surface area contributed by atoms with Crippen LogP contribution in [-0.2, 0) is 4.43 Å². The van der Waals surface area contributed by atoms with Gasteiger partial charge in [0.25, 0.3) is 0 Å². The Hall–Kier alpha value is -0.0462. The van der Waals surface area contributed by atoms with Gasteiger partial charge in [0.15, 0.2) is 8.32 Å². The van der Waals surface area contributed by atoms with Crippen LogP contribution in [0, 0.1) is 11.8 Å². The van der Waals surface area contributed by atoms with Crippen molar-refractivity contribution in [2.24, 2.45) is 0 Å². The van der Waals surface area contributed by atoms with Gasteiger partial charge in [0, 0.05) is 6.04 Å². The van der Waals surface area contributed by atoms with E-state index in [-0.39, 0.29) is 11.1 Å². The predicted molar refractivity (Wildman–Crippen MR) is 83.7 cm³/mol. The van der Waals surface area contributed by atoms with Crippen LogP contribution in [0.2, 0.25) is 43.8 Å². The average Bonchev–Trinajstić information content (AvgIpc) is 1.97. The van der Waals surface area contributed by atoms with E-state index in [1.807, 2.05) is 0 Å². The van der Waals surface area contributed by atoms with E-state index in [0.717, 1.165) is 6.04 Å². The standard InChI is InChI=1S/C14H30OSi2/c1-13(11-10-12-16(5,6)7)15-17(8,9)14(2,3)4/h13H,12H2,1-9H3. The first kappa shape index (κ1) is 17.0. The summed E-state index contributed by atoms with van der Waals surface area (Å²) in [5, 5.41) is 0.266. The van der Waals surface area contributed by atoms with Gasteiger partial charge in [-0.3, -0.25) is 0 Å². The Morgan fingerprint density at radius 3 is 1.88 bits per heavy atom. The van der Waals surface area contributed by atoms with Gasteiger partial charge in [0.2, 0.25) is 0 Å². The summed E-state index contributed by atoms with van der Waals surface area (Å²) < 4.78 is 6.20. The van der Waals surface area contributed by atoms with Gasteiger partial charge in [-0.1, -0.05) is 46.3 Å². The fourth-order valence-electron chi connectivity index (χ4n) is 1.11. The zero-order chi connectivity index (χ0) is 13.9. The SMILES string of the molecule is CC(C#CC[Si](C)(C)C)O[Si](C)(C)C(C)(C)C. The Labute approximate surface area is 110 Å². The summed E-state index contributed by atoms with van der Waals surface area (Å²) in [6, 6.07) is 1.07. The maximum atomic E-state index is 6.20. The molecule has 0 aliphatic carbocycles. The first-order valence-electron chi connectivity index (χ1n) is 6.51. The molecule has 0 rings (SSSR count). The Bertz CT molecular complexity index is 297. The molecular weight excluding hydrogens is 240 g/mol. The molecule has 0 heterocycles. The van der Waals surface area contributed by atoms with Gasteiger partial charge in [0.05, 0.1) is 8.07 Å². The molecule has 0 amide bonds. The predicted octanol–water partition coefficient (Wildman–Crippen LogP) is 4.74. The Morgan fingerprint density at radius 1 is 1.06 bits per heavy atom. The summed E-state index contributed by atoms with van der Waals surface area (Å²) in [4.78, 5) is 0. The Kier molecular flexibility index (Phi) is 5.71. The third-order valence-corrected chi connectivity index (χ3v) is 8.99. The largest absolute Gasteiger partial charge is 0.404 e. The minimum absolute atomic E-state index is 0.0761. The molecule has 100 valence electrons. The monoisotopic (exact) mass is 270 g/mol. The molecule has 0 saturated carbocycles. The highest BCUT2D eigenvalue weighted by Crippen LogP contribution is 2.37. The van der Waals surface area contributed by atoms with Crippen LogP contribution in [0.3, 0.4) is 0 Å². The minimum Gasteiger partial charge on any atom is -0.404 e. The highest BCUT2D eigenvalue weighted by Gasteiger charge is 2.38. The molecule has 1 unspecified atom stereocenters. The molecule has 0 saturated heterocycles. The molecule has 1 atom stereocenters. The van der Waals surface area contributed by atoms with Crippen LogP contribution in [-0.4, -0.2) is 22.5 Å². The molecule has 0 bridgehead atoms. The van der Waals surface area contributed by atoms with E-state index in [4.69, 9.17) is 4.43 Å². The van der Waals surface area contributed by atoms with Crippen molar-refractivity contribution in [3.05, 3.63) is 0 Å². The van der Waals surface area contributed by atoms with Crippen LogP contribution in [0.4, 0.5) is 0 Å². The van der Waals surface area contributed by atoms with E-state index < -0.39 is 16.4 Å². The quantitative estimate of drug-likeness (QED) is 0.532. The van der Waals surface area contributed by atoms with Crippen LogP contribution in [0.1, 0.15) is 27.7 Å². The zero-order valence-corrected chi connectivity index (χ0v) is 15.2. The molecular formula is C14H30OSi2. The van der Waals surface area contributed by atoms with E-state index in [0.29, 0.717) is 0 Å². The van der Waals surface area contributed by atoms with E-state index in [1.54, 1.807) is 0 Å². The summed E-state index contributed by atoms with van der Waals surface area (Å²) in [6.45, 7) is 20.5. The molecule has 1 nitrogen and oxygen atoms in total. The lowest BCUT2D eigenvalue weighted by Crippen LogP contribution is -2.43. The van der Waals surface area contributed by atoms with Gasteiger partial charge in [-0.25, -0.2) is 0 Å². The van der Waals surface area contributed by atoms with E-state index >= 15 is 0 Å². The second-order valence-electron chi connectivity index (χ2n) is 7.58.